The fraction of sp³-hybridized carbons (Fsp3) is 0.360. The predicted octanol–water partition coefficient (Wildman–Crippen LogP) is 6.08. The van der Waals surface area contributed by atoms with Crippen LogP contribution in [-0.4, -0.2) is 18.5 Å². The average molecular weight is 392 g/mol. The molecule has 2 aromatic rings. The van der Waals surface area contributed by atoms with Crippen LogP contribution in [0.15, 0.2) is 59.2 Å². The quantitative estimate of drug-likeness (QED) is 0.280. The number of ether oxygens (including phenoxy) is 2. The van der Waals surface area contributed by atoms with Gasteiger partial charge in [0.25, 0.3) is 0 Å². The molecular weight excluding hydrogens is 362 g/mol. The molecule has 0 atom stereocenters. The standard InChI is InChI=1S/C25H29NO3/c1-3-4-5-6-7-8-16-28-22-14-12-20(13-15-22)18-23-25(27)29-24(26-23)21-11-9-10-19(2)17-21/h9-15,17-18H,3-8,16H2,1-2H3. The monoisotopic (exact) mass is 391 g/mol. The summed E-state index contributed by atoms with van der Waals surface area (Å²) in [5.74, 6) is 0.771. The number of aryl methyl sites for hydroxylation is 1. The molecule has 0 aromatic heterocycles. The molecule has 0 unspecified atom stereocenters. The van der Waals surface area contributed by atoms with E-state index in [0.717, 1.165) is 35.5 Å². The van der Waals surface area contributed by atoms with E-state index < -0.39 is 5.97 Å². The number of benzene rings is 2. The lowest BCUT2D eigenvalue weighted by atomic mass is 10.1. The second-order valence-corrected chi connectivity index (χ2v) is 7.39. The fourth-order valence-electron chi connectivity index (χ4n) is 3.20. The second-order valence-electron chi connectivity index (χ2n) is 7.39. The summed E-state index contributed by atoms with van der Waals surface area (Å²) in [6.45, 7) is 4.96. The molecule has 0 saturated heterocycles. The van der Waals surface area contributed by atoms with Gasteiger partial charge in [0, 0.05) is 5.56 Å². The van der Waals surface area contributed by atoms with Gasteiger partial charge in [-0.25, -0.2) is 9.79 Å². The molecule has 0 amide bonds. The van der Waals surface area contributed by atoms with Crippen LogP contribution in [-0.2, 0) is 9.53 Å². The van der Waals surface area contributed by atoms with Crippen LogP contribution in [0.4, 0.5) is 0 Å². The van der Waals surface area contributed by atoms with Gasteiger partial charge in [0.2, 0.25) is 5.90 Å². The number of unbranched alkanes of at least 4 members (excludes halogenated alkanes) is 5. The van der Waals surface area contributed by atoms with Crippen LogP contribution in [0.3, 0.4) is 0 Å². The van der Waals surface area contributed by atoms with Gasteiger partial charge in [-0.1, -0.05) is 68.9 Å². The molecule has 1 heterocycles. The molecule has 152 valence electrons. The number of hydrogen-bond donors (Lipinski definition) is 0. The molecule has 1 aliphatic heterocycles. The van der Waals surface area contributed by atoms with E-state index in [4.69, 9.17) is 9.47 Å². The second kappa shape index (κ2) is 10.6. The van der Waals surface area contributed by atoms with Crippen molar-refractivity contribution in [2.24, 2.45) is 4.99 Å². The van der Waals surface area contributed by atoms with Crippen molar-refractivity contribution in [2.45, 2.75) is 52.4 Å². The van der Waals surface area contributed by atoms with Gasteiger partial charge in [-0.2, -0.15) is 0 Å². The third-order valence-electron chi connectivity index (χ3n) is 4.84. The summed E-state index contributed by atoms with van der Waals surface area (Å²) in [6.07, 6.45) is 9.23. The Morgan fingerprint density at radius 3 is 2.52 bits per heavy atom. The van der Waals surface area contributed by atoms with Gasteiger partial charge in [-0.15, -0.1) is 0 Å². The van der Waals surface area contributed by atoms with E-state index in [1.54, 1.807) is 6.08 Å². The third kappa shape index (κ3) is 6.31. The predicted molar refractivity (Wildman–Crippen MR) is 117 cm³/mol. The Morgan fingerprint density at radius 1 is 1.00 bits per heavy atom. The molecular formula is C25H29NO3. The van der Waals surface area contributed by atoms with Crippen molar-refractivity contribution in [3.8, 4) is 5.75 Å². The van der Waals surface area contributed by atoms with Crippen molar-refractivity contribution in [1.29, 1.82) is 0 Å². The van der Waals surface area contributed by atoms with Crippen LogP contribution >= 0.6 is 0 Å². The first-order valence-corrected chi connectivity index (χ1v) is 10.5. The van der Waals surface area contributed by atoms with E-state index in [2.05, 4.69) is 11.9 Å². The molecule has 0 saturated carbocycles. The molecule has 4 nitrogen and oxygen atoms in total. The highest BCUT2D eigenvalue weighted by Gasteiger charge is 2.24. The molecule has 0 radical (unpaired) electrons. The smallest absolute Gasteiger partial charge is 0.363 e. The summed E-state index contributed by atoms with van der Waals surface area (Å²) >= 11 is 0. The fourth-order valence-corrected chi connectivity index (χ4v) is 3.20. The van der Waals surface area contributed by atoms with Gasteiger partial charge >= 0.3 is 5.97 Å². The number of aliphatic imine (C=N–C) groups is 1. The zero-order chi connectivity index (χ0) is 20.5. The SMILES string of the molecule is CCCCCCCCOc1ccc(C=C2N=C(c3cccc(C)c3)OC2=O)cc1. The summed E-state index contributed by atoms with van der Waals surface area (Å²) in [6, 6.07) is 15.5. The minimum absolute atomic E-state index is 0.308. The molecule has 0 aliphatic carbocycles. The van der Waals surface area contributed by atoms with E-state index in [9.17, 15) is 4.79 Å². The highest BCUT2D eigenvalue weighted by atomic mass is 16.6. The van der Waals surface area contributed by atoms with Gasteiger partial charge in [0.05, 0.1) is 6.61 Å². The first-order valence-electron chi connectivity index (χ1n) is 10.5. The number of carbonyl (C=O) groups is 1. The van der Waals surface area contributed by atoms with Gasteiger partial charge in [0.1, 0.15) is 5.75 Å². The Labute approximate surface area is 173 Å². The number of nitrogens with zero attached hydrogens (tertiary/aromatic N) is 1. The average Bonchev–Trinajstić information content (AvgIpc) is 3.09. The molecule has 1 aliphatic rings. The lowest BCUT2D eigenvalue weighted by molar-refractivity contribution is -0.129. The van der Waals surface area contributed by atoms with Crippen LogP contribution in [0.1, 0.15) is 62.1 Å². The summed E-state index contributed by atoms with van der Waals surface area (Å²) in [5, 5.41) is 0. The van der Waals surface area contributed by atoms with Gasteiger partial charge in [-0.05, 0) is 49.2 Å². The topological polar surface area (TPSA) is 47.9 Å². The number of esters is 1. The molecule has 0 bridgehead atoms. The maximum Gasteiger partial charge on any atom is 0.363 e. The normalized spacial score (nSPS) is 14.8. The molecule has 3 rings (SSSR count). The van der Waals surface area contributed by atoms with Crippen LogP contribution in [0.2, 0.25) is 0 Å². The molecule has 0 N–H and O–H groups in total. The molecule has 29 heavy (non-hydrogen) atoms. The van der Waals surface area contributed by atoms with Crippen molar-refractivity contribution in [1.82, 2.24) is 0 Å². The summed E-state index contributed by atoms with van der Waals surface area (Å²) in [5.41, 5.74) is 3.09. The Morgan fingerprint density at radius 2 is 1.76 bits per heavy atom. The van der Waals surface area contributed by atoms with E-state index in [1.165, 1.54) is 32.1 Å². The minimum Gasteiger partial charge on any atom is -0.494 e. The minimum atomic E-state index is -0.426. The Hall–Kier alpha value is -2.88. The molecule has 4 heteroatoms. The number of rotatable bonds is 10. The Balaban J connectivity index is 1.54. The van der Waals surface area contributed by atoms with Gasteiger partial charge in [-0.3, -0.25) is 0 Å². The maximum atomic E-state index is 12.2. The van der Waals surface area contributed by atoms with E-state index in [1.807, 2.05) is 55.5 Å². The van der Waals surface area contributed by atoms with E-state index in [-0.39, 0.29) is 0 Å². The van der Waals surface area contributed by atoms with Crippen molar-refractivity contribution in [3.63, 3.8) is 0 Å². The highest BCUT2D eigenvalue weighted by Crippen LogP contribution is 2.21. The molecule has 0 spiro atoms. The number of hydrogen-bond acceptors (Lipinski definition) is 4. The van der Waals surface area contributed by atoms with Crippen molar-refractivity contribution in [3.05, 3.63) is 70.9 Å². The third-order valence-corrected chi connectivity index (χ3v) is 4.84. The van der Waals surface area contributed by atoms with Gasteiger partial charge < -0.3 is 9.47 Å². The maximum absolute atomic E-state index is 12.2. The first-order chi connectivity index (χ1) is 14.2. The van der Waals surface area contributed by atoms with Gasteiger partial charge in [0.15, 0.2) is 5.70 Å². The summed E-state index contributed by atoms with van der Waals surface area (Å²) in [4.78, 5) is 16.5. The summed E-state index contributed by atoms with van der Waals surface area (Å²) in [7, 11) is 0. The van der Waals surface area contributed by atoms with E-state index >= 15 is 0 Å². The Kier molecular flexibility index (Phi) is 7.62. The number of cyclic esters (lactones) is 1. The van der Waals surface area contributed by atoms with Crippen LogP contribution < -0.4 is 4.74 Å². The zero-order valence-corrected chi connectivity index (χ0v) is 17.3. The van der Waals surface area contributed by atoms with E-state index in [0.29, 0.717) is 11.6 Å². The molecule has 0 fully saturated rings. The van der Waals surface area contributed by atoms with Crippen molar-refractivity contribution >= 4 is 17.9 Å². The van der Waals surface area contributed by atoms with Crippen molar-refractivity contribution < 1.29 is 14.3 Å². The zero-order valence-electron chi connectivity index (χ0n) is 17.3. The largest absolute Gasteiger partial charge is 0.494 e. The lowest BCUT2D eigenvalue weighted by Crippen LogP contribution is -2.05. The Bertz CT molecular complexity index is 881. The van der Waals surface area contributed by atoms with Crippen molar-refractivity contribution in [2.75, 3.05) is 6.61 Å². The highest BCUT2D eigenvalue weighted by molar-refractivity contribution is 6.12. The van der Waals surface area contributed by atoms with Crippen LogP contribution in [0.5, 0.6) is 5.75 Å². The summed E-state index contributed by atoms with van der Waals surface area (Å²) < 4.78 is 11.1. The van der Waals surface area contributed by atoms with Crippen LogP contribution in [0.25, 0.3) is 6.08 Å². The molecule has 2 aromatic carbocycles. The van der Waals surface area contributed by atoms with Crippen LogP contribution in [0, 0.1) is 6.92 Å². The first kappa shape index (κ1) is 20.8. The number of carbonyl (C=O) groups excluding carboxylic acids is 1. The lowest BCUT2D eigenvalue weighted by Gasteiger charge is -2.06.